The number of hydrogen-bond donors (Lipinski definition) is 0. The lowest BCUT2D eigenvalue weighted by molar-refractivity contribution is 0.175. The average Bonchev–Trinajstić information content (AvgIpc) is 2.89. The van der Waals surface area contributed by atoms with E-state index < -0.39 is 0 Å². The van der Waals surface area contributed by atoms with Gasteiger partial charge < -0.3 is 4.74 Å². The van der Waals surface area contributed by atoms with Gasteiger partial charge in [-0.2, -0.15) is 0 Å². The van der Waals surface area contributed by atoms with Crippen LogP contribution in [0.5, 0.6) is 0 Å². The number of fused-ring (bicyclic) bond motifs is 1. The predicted octanol–water partition coefficient (Wildman–Crippen LogP) is 2.47. The Kier molecular flexibility index (Phi) is 3.44. The maximum atomic E-state index is 5.43. The van der Waals surface area contributed by atoms with E-state index in [2.05, 4.69) is 29.2 Å². The monoisotopic (exact) mass is 231 g/mol. The van der Waals surface area contributed by atoms with Gasteiger partial charge in [-0.3, -0.25) is 4.90 Å². The van der Waals surface area contributed by atoms with Crippen molar-refractivity contribution >= 4 is 0 Å². The first-order valence-corrected chi connectivity index (χ1v) is 6.79. The molecule has 1 saturated heterocycles. The Balaban J connectivity index is 1.53. The van der Waals surface area contributed by atoms with Gasteiger partial charge in [-0.1, -0.05) is 24.3 Å². The second kappa shape index (κ2) is 5.19. The molecule has 0 aromatic heterocycles. The summed E-state index contributed by atoms with van der Waals surface area (Å²) in [6, 6.07) is 8.87. The van der Waals surface area contributed by atoms with E-state index in [9.17, 15) is 0 Å². The molecule has 2 heterocycles. The third kappa shape index (κ3) is 2.70. The van der Waals surface area contributed by atoms with Gasteiger partial charge >= 0.3 is 0 Å². The molecule has 0 bridgehead atoms. The quantitative estimate of drug-likeness (QED) is 0.792. The van der Waals surface area contributed by atoms with E-state index in [1.807, 2.05) is 0 Å². The first-order valence-electron chi connectivity index (χ1n) is 6.79. The normalized spacial score (nSPS) is 24.8. The molecule has 2 nitrogen and oxygen atoms in total. The van der Waals surface area contributed by atoms with E-state index in [0.717, 1.165) is 25.7 Å². The summed E-state index contributed by atoms with van der Waals surface area (Å²) in [7, 11) is 0. The molecule has 1 aromatic carbocycles. The van der Waals surface area contributed by atoms with Crippen molar-refractivity contribution in [3.63, 3.8) is 0 Å². The zero-order valence-electron chi connectivity index (χ0n) is 10.4. The molecule has 0 spiro atoms. The maximum Gasteiger partial charge on any atom is 0.0495 e. The van der Waals surface area contributed by atoms with Crippen LogP contribution in [-0.2, 0) is 17.7 Å². The van der Waals surface area contributed by atoms with E-state index in [1.54, 1.807) is 5.56 Å². The zero-order chi connectivity index (χ0) is 11.5. The Bertz CT molecular complexity index is 371. The minimum absolute atomic E-state index is 0.812. The molecule has 0 N–H and O–H groups in total. The van der Waals surface area contributed by atoms with Crippen LogP contribution in [0.15, 0.2) is 24.3 Å². The second-order valence-corrected chi connectivity index (χ2v) is 5.31. The highest BCUT2D eigenvalue weighted by atomic mass is 16.5. The highest BCUT2D eigenvalue weighted by Gasteiger charge is 2.19. The van der Waals surface area contributed by atoms with Gasteiger partial charge in [-0.25, -0.2) is 0 Å². The van der Waals surface area contributed by atoms with Crippen molar-refractivity contribution in [2.45, 2.75) is 25.8 Å². The van der Waals surface area contributed by atoms with E-state index in [0.29, 0.717) is 0 Å². The highest BCUT2D eigenvalue weighted by Crippen LogP contribution is 2.21. The van der Waals surface area contributed by atoms with Gasteiger partial charge in [0.2, 0.25) is 0 Å². The van der Waals surface area contributed by atoms with Crippen molar-refractivity contribution < 1.29 is 4.74 Å². The van der Waals surface area contributed by atoms with Crippen LogP contribution in [0.3, 0.4) is 0 Å². The average molecular weight is 231 g/mol. The highest BCUT2D eigenvalue weighted by molar-refractivity contribution is 5.28. The SMILES string of the molecule is c1ccc2c(c1)CCN(CCC1CCOC1)C2. The molecule has 2 aliphatic heterocycles. The second-order valence-electron chi connectivity index (χ2n) is 5.31. The Morgan fingerprint density at radius 3 is 2.94 bits per heavy atom. The van der Waals surface area contributed by atoms with Gasteiger partial charge in [0.05, 0.1) is 0 Å². The Hall–Kier alpha value is -0.860. The third-order valence-electron chi connectivity index (χ3n) is 4.09. The molecule has 3 rings (SSSR count). The molecule has 0 saturated carbocycles. The van der Waals surface area contributed by atoms with E-state index >= 15 is 0 Å². The fraction of sp³-hybridized carbons (Fsp3) is 0.600. The van der Waals surface area contributed by atoms with Gasteiger partial charge in [0, 0.05) is 26.3 Å². The Morgan fingerprint density at radius 1 is 1.24 bits per heavy atom. The van der Waals surface area contributed by atoms with Crippen molar-refractivity contribution in [2.75, 3.05) is 26.3 Å². The molecule has 0 aliphatic carbocycles. The molecule has 2 aliphatic rings. The van der Waals surface area contributed by atoms with Crippen molar-refractivity contribution in [2.24, 2.45) is 5.92 Å². The first-order chi connectivity index (χ1) is 8.42. The lowest BCUT2D eigenvalue weighted by Crippen LogP contribution is -2.32. The van der Waals surface area contributed by atoms with Crippen LogP contribution < -0.4 is 0 Å². The fourth-order valence-electron chi connectivity index (χ4n) is 2.92. The van der Waals surface area contributed by atoms with Gasteiger partial charge in [0.1, 0.15) is 0 Å². The summed E-state index contributed by atoms with van der Waals surface area (Å²) < 4.78 is 5.43. The predicted molar refractivity (Wildman–Crippen MR) is 69.0 cm³/mol. The molecule has 1 aromatic rings. The van der Waals surface area contributed by atoms with Crippen LogP contribution in [0.2, 0.25) is 0 Å². The summed E-state index contributed by atoms with van der Waals surface area (Å²) in [6.07, 6.45) is 3.80. The van der Waals surface area contributed by atoms with Crippen LogP contribution >= 0.6 is 0 Å². The number of hydrogen-bond acceptors (Lipinski definition) is 2. The van der Waals surface area contributed by atoms with Crippen LogP contribution in [-0.4, -0.2) is 31.2 Å². The summed E-state index contributed by atoms with van der Waals surface area (Å²) >= 11 is 0. The van der Waals surface area contributed by atoms with Crippen LogP contribution in [0, 0.1) is 5.92 Å². The van der Waals surface area contributed by atoms with Crippen LogP contribution in [0.25, 0.3) is 0 Å². The molecule has 2 heteroatoms. The van der Waals surface area contributed by atoms with Gasteiger partial charge in [-0.15, -0.1) is 0 Å². The van der Waals surface area contributed by atoms with Crippen molar-refractivity contribution in [1.29, 1.82) is 0 Å². The summed E-state index contributed by atoms with van der Waals surface area (Å²) in [5.41, 5.74) is 3.08. The maximum absolute atomic E-state index is 5.43. The smallest absolute Gasteiger partial charge is 0.0495 e. The number of benzene rings is 1. The molecule has 1 fully saturated rings. The Labute approximate surface area is 104 Å². The summed E-state index contributed by atoms with van der Waals surface area (Å²) in [5.74, 6) is 0.812. The van der Waals surface area contributed by atoms with Gasteiger partial charge in [0.25, 0.3) is 0 Å². The van der Waals surface area contributed by atoms with Crippen molar-refractivity contribution in [3.8, 4) is 0 Å². The molecule has 1 unspecified atom stereocenters. The van der Waals surface area contributed by atoms with Gasteiger partial charge in [-0.05, 0) is 42.9 Å². The lowest BCUT2D eigenvalue weighted by Gasteiger charge is -2.29. The number of ether oxygens (including phenoxy) is 1. The largest absolute Gasteiger partial charge is 0.381 e. The minimum atomic E-state index is 0.812. The molecule has 92 valence electrons. The van der Waals surface area contributed by atoms with E-state index in [4.69, 9.17) is 4.74 Å². The molecular formula is C15H21NO. The van der Waals surface area contributed by atoms with Gasteiger partial charge in [0.15, 0.2) is 0 Å². The summed E-state index contributed by atoms with van der Waals surface area (Å²) in [6.45, 7) is 5.58. The zero-order valence-corrected chi connectivity index (χ0v) is 10.4. The third-order valence-corrected chi connectivity index (χ3v) is 4.09. The molecule has 17 heavy (non-hydrogen) atoms. The molecule has 1 atom stereocenters. The van der Waals surface area contributed by atoms with Crippen molar-refractivity contribution in [3.05, 3.63) is 35.4 Å². The lowest BCUT2D eigenvalue weighted by atomic mass is 9.98. The summed E-state index contributed by atoms with van der Waals surface area (Å²) in [4.78, 5) is 2.60. The topological polar surface area (TPSA) is 12.5 Å². The molecule has 0 amide bonds. The molecule has 0 radical (unpaired) electrons. The van der Waals surface area contributed by atoms with E-state index in [1.165, 1.54) is 37.9 Å². The first kappa shape index (κ1) is 11.2. The number of nitrogens with zero attached hydrogens (tertiary/aromatic N) is 1. The van der Waals surface area contributed by atoms with Crippen molar-refractivity contribution in [1.82, 2.24) is 4.90 Å². The Morgan fingerprint density at radius 2 is 2.12 bits per heavy atom. The fourth-order valence-corrected chi connectivity index (χ4v) is 2.92. The summed E-state index contributed by atoms with van der Waals surface area (Å²) in [5, 5.41) is 0. The minimum Gasteiger partial charge on any atom is -0.381 e. The number of rotatable bonds is 3. The standard InChI is InChI=1S/C15H21NO/c1-2-4-15-11-16(9-6-14(15)3-1)8-5-13-7-10-17-12-13/h1-4,13H,5-12H2. The molecular weight excluding hydrogens is 210 g/mol. The van der Waals surface area contributed by atoms with Crippen LogP contribution in [0.1, 0.15) is 24.0 Å². The van der Waals surface area contributed by atoms with Crippen LogP contribution in [0.4, 0.5) is 0 Å². The van der Waals surface area contributed by atoms with E-state index in [-0.39, 0.29) is 0 Å².